The Morgan fingerprint density at radius 3 is 2.65 bits per heavy atom. The lowest BCUT2D eigenvalue weighted by Crippen LogP contribution is -2.54. The van der Waals surface area contributed by atoms with Crippen LogP contribution in [0.2, 0.25) is 5.02 Å². The van der Waals surface area contributed by atoms with Gasteiger partial charge in [-0.1, -0.05) is 37.1 Å². The van der Waals surface area contributed by atoms with Crippen molar-refractivity contribution in [2.24, 2.45) is 17.8 Å². The van der Waals surface area contributed by atoms with Crippen molar-refractivity contribution >= 4 is 33.2 Å². The molecule has 0 unspecified atom stereocenters. The van der Waals surface area contributed by atoms with Crippen molar-refractivity contribution in [1.82, 2.24) is 9.62 Å². The highest BCUT2D eigenvalue weighted by Crippen LogP contribution is 2.49. The number of nitrogens with zero attached hydrogens (tertiary/aromatic N) is 2. The second-order valence-electron chi connectivity index (χ2n) is 14.9. The Bertz CT molecular complexity index is 1570. The maximum absolute atomic E-state index is 13.4. The summed E-state index contributed by atoms with van der Waals surface area (Å²) in [6.45, 7) is 5.96. The lowest BCUT2D eigenvalue weighted by atomic mass is 9.61. The Hall–Kier alpha value is -2.33. The minimum Gasteiger partial charge on any atom is -0.490 e. The van der Waals surface area contributed by atoms with Crippen LogP contribution < -0.4 is 14.4 Å². The van der Waals surface area contributed by atoms with Crippen LogP contribution in [0.15, 0.2) is 36.4 Å². The van der Waals surface area contributed by atoms with Gasteiger partial charge >= 0.3 is 0 Å². The van der Waals surface area contributed by atoms with E-state index in [0.717, 1.165) is 67.2 Å². The third-order valence-corrected chi connectivity index (χ3v) is 13.9. The number of sulfonamides is 1. The summed E-state index contributed by atoms with van der Waals surface area (Å²) in [5.41, 5.74) is 3.02. The lowest BCUT2D eigenvalue weighted by molar-refractivity contribution is -0.143. The van der Waals surface area contributed by atoms with Gasteiger partial charge in [-0.25, -0.2) is 13.1 Å². The summed E-state index contributed by atoms with van der Waals surface area (Å²) in [5.74, 6) is 0.804. The van der Waals surface area contributed by atoms with Crippen molar-refractivity contribution in [3.63, 3.8) is 0 Å². The van der Waals surface area contributed by atoms with Crippen molar-refractivity contribution in [3.8, 4) is 5.75 Å². The van der Waals surface area contributed by atoms with Gasteiger partial charge in [0.25, 0.3) is 0 Å². The number of carbonyl (C=O) groups excluding carboxylic acids is 1. The average molecular weight is 672 g/mol. The molecule has 2 heterocycles. The van der Waals surface area contributed by atoms with E-state index in [2.05, 4.69) is 27.8 Å². The molecule has 2 aliphatic carbocycles. The molecule has 6 rings (SSSR count). The largest absolute Gasteiger partial charge is 0.490 e. The minimum absolute atomic E-state index is 0.0216. The predicted octanol–water partition coefficient (Wildman–Crippen LogP) is 5.68. The molecule has 6 atom stereocenters. The number of fused-ring (bicyclic) bond motifs is 4. The van der Waals surface area contributed by atoms with Crippen LogP contribution in [-0.2, 0) is 33.2 Å². The molecular formula is C36H50ClN3O5S. The summed E-state index contributed by atoms with van der Waals surface area (Å²) in [6, 6.07) is 12.3. The molecule has 10 heteroatoms. The number of carbonyl (C=O) groups is 1. The average Bonchev–Trinajstić information content (AvgIpc) is 3.14. The number of hydrogen-bond acceptors (Lipinski definition) is 6. The lowest BCUT2D eigenvalue weighted by Gasteiger charge is -2.50. The molecule has 1 amide bonds. The van der Waals surface area contributed by atoms with Gasteiger partial charge in [0.15, 0.2) is 0 Å². The smallest absolute Gasteiger partial charge is 0.224 e. The summed E-state index contributed by atoms with van der Waals surface area (Å²) in [7, 11) is -0.109. The zero-order valence-corrected chi connectivity index (χ0v) is 29.3. The Morgan fingerprint density at radius 1 is 1.11 bits per heavy atom. The van der Waals surface area contributed by atoms with Gasteiger partial charge in [-0.3, -0.25) is 4.79 Å². The van der Waals surface area contributed by atoms with Gasteiger partial charge in [-0.15, -0.1) is 0 Å². The molecule has 1 saturated carbocycles. The predicted molar refractivity (Wildman–Crippen MR) is 183 cm³/mol. The summed E-state index contributed by atoms with van der Waals surface area (Å²) in [5, 5.41) is 12.5. The molecule has 2 aliphatic heterocycles. The number of aryl methyl sites for hydroxylation is 1. The Kier molecular flexibility index (Phi) is 9.44. The zero-order chi connectivity index (χ0) is 32.9. The molecule has 8 nitrogen and oxygen atoms in total. The molecule has 2 aromatic rings. The third-order valence-electron chi connectivity index (χ3n) is 11.7. The molecule has 0 saturated heterocycles. The Morgan fingerprint density at radius 2 is 1.91 bits per heavy atom. The van der Waals surface area contributed by atoms with E-state index < -0.39 is 20.9 Å². The molecule has 1 fully saturated rings. The fourth-order valence-electron chi connectivity index (χ4n) is 8.46. The number of rotatable bonds is 2. The van der Waals surface area contributed by atoms with E-state index in [-0.39, 0.29) is 42.0 Å². The van der Waals surface area contributed by atoms with E-state index in [4.69, 9.17) is 16.3 Å². The van der Waals surface area contributed by atoms with Crippen molar-refractivity contribution in [1.29, 1.82) is 0 Å². The number of benzene rings is 2. The standard InChI is InChI=1S/C36H50ClN3O5S/c1-24-7-5-16-36(42,19-34(41)39(3)4)31-12-10-28(31)21-40-22-35(15-6-8-27-18-29(37)11-13-30(27)35)23-45-33-14-9-26(17-32(33)40)20-38-46(43,44)25(24)2/h9,11,13-14,17-18,24-25,28,31,38,42H,5-8,10,12,15-16,19-23H2,1-4H3/t24-,25+,28-,31+,35-,36+/m0/s1. The number of anilines is 1. The first-order valence-electron chi connectivity index (χ1n) is 17.0. The number of halogens is 1. The van der Waals surface area contributed by atoms with Gasteiger partial charge in [-0.2, -0.15) is 0 Å². The van der Waals surface area contributed by atoms with Crippen LogP contribution in [0.5, 0.6) is 5.75 Å². The van der Waals surface area contributed by atoms with Gasteiger partial charge < -0.3 is 19.6 Å². The van der Waals surface area contributed by atoms with Crippen LogP contribution in [0, 0.1) is 17.8 Å². The fraction of sp³-hybridized carbons (Fsp3) is 0.639. The van der Waals surface area contributed by atoms with E-state index in [9.17, 15) is 18.3 Å². The first-order chi connectivity index (χ1) is 21.8. The fourth-order valence-corrected chi connectivity index (χ4v) is 10.0. The molecule has 0 aromatic heterocycles. The maximum atomic E-state index is 13.4. The second-order valence-corrected chi connectivity index (χ2v) is 17.4. The van der Waals surface area contributed by atoms with Gasteiger partial charge in [0.1, 0.15) is 5.75 Å². The van der Waals surface area contributed by atoms with E-state index in [0.29, 0.717) is 25.9 Å². The molecule has 1 spiro atoms. The normalized spacial score (nSPS) is 32.7. The van der Waals surface area contributed by atoms with Crippen molar-refractivity contribution < 1.29 is 23.1 Å². The van der Waals surface area contributed by atoms with Crippen LogP contribution in [0.1, 0.15) is 81.9 Å². The van der Waals surface area contributed by atoms with Crippen LogP contribution in [-0.4, -0.2) is 69.0 Å². The highest BCUT2D eigenvalue weighted by Gasteiger charge is 2.49. The number of aliphatic hydroxyl groups is 1. The van der Waals surface area contributed by atoms with Crippen LogP contribution in [0.3, 0.4) is 0 Å². The highest BCUT2D eigenvalue weighted by atomic mass is 35.5. The molecular weight excluding hydrogens is 622 g/mol. The van der Waals surface area contributed by atoms with Gasteiger partial charge in [0.05, 0.1) is 29.6 Å². The monoisotopic (exact) mass is 671 g/mol. The molecule has 0 radical (unpaired) electrons. The molecule has 2 bridgehead atoms. The van der Waals surface area contributed by atoms with E-state index in [1.807, 2.05) is 25.1 Å². The van der Waals surface area contributed by atoms with Crippen molar-refractivity contribution in [3.05, 3.63) is 58.1 Å². The molecule has 4 aliphatic rings. The summed E-state index contributed by atoms with van der Waals surface area (Å²) >= 11 is 6.44. The number of amides is 1. The van der Waals surface area contributed by atoms with E-state index in [1.165, 1.54) is 11.1 Å². The maximum Gasteiger partial charge on any atom is 0.224 e. The van der Waals surface area contributed by atoms with Crippen LogP contribution in [0.25, 0.3) is 0 Å². The Labute approximate surface area is 279 Å². The van der Waals surface area contributed by atoms with Crippen LogP contribution in [0.4, 0.5) is 5.69 Å². The van der Waals surface area contributed by atoms with Gasteiger partial charge in [-0.05, 0) is 111 Å². The molecule has 2 aromatic carbocycles. The van der Waals surface area contributed by atoms with Gasteiger partial charge in [0, 0.05) is 44.2 Å². The molecule has 252 valence electrons. The SMILES string of the molecule is C[C@@H]1[C@@H](C)CCC[C@@](O)(CC(=O)N(C)C)[C@@H]2CC[C@H]2CN2C[C@@]3(CCCc4cc(Cl)ccc43)COc3ccc(cc32)CNS1(=O)=O. The van der Waals surface area contributed by atoms with E-state index >= 15 is 0 Å². The third kappa shape index (κ3) is 6.54. The number of nitrogens with one attached hydrogen (secondary N) is 1. The van der Waals surface area contributed by atoms with Gasteiger partial charge in [0.2, 0.25) is 15.9 Å². The quantitative estimate of drug-likeness (QED) is 0.427. The minimum atomic E-state index is -3.58. The van der Waals surface area contributed by atoms with Crippen molar-refractivity contribution in [2.45, 2.75) is 94.4 Å². The van der Waals surface area contributed by atoms with Crippen LogP contribution >= 0.6 is 11.6 Å². The summed E-state index contributed by atoms with van der Waals surface area (Å²) in [6.07, 6.45) is 6.75. The first kappa shape index (κ1) is 33.6. The topological polar surface area (TPSA) is 99.2 Å². The highest BCUT2D eigenvalue weighted by molar-refractivity contribution is 7.90. The summed E-state index contributed by atoms with van der Waals surface area (Å²) in [4.78, 5) is 17.1. The second kappa shape index (κ2) is 12.9. The zero-order valence-electron chi connectivity index (χ0n) is 27.7. The Balaban J connectivity index is 1.41. The molecule has 2 N–H and O–H groups in total. The summed E-state index contributed by atoms with van der Waals surface area (Å²) < 4.78 is 36.3. The number of hydrogen-bond donors (Lipinski definition) is 2. The molecule has 46 heavy (non-hydrogen) atoms. The van der Waals surface area contributed by atoms with Crippen molar-refractivity contribution in [2.75, 3.05) is 38.7 Å². The number of ether oxygens (including phenoxy) is 1. The first-order valence-corrected chi connectivity index (χ1v) is 18.9. The van der Waals surface area contributed by atoms with E-state index in [1.54, 1.807) is 25.9 Å².